The Labute approximate surface area is 164 Å². The molecule has 0 bridgehead atoms. The lowest BCUT2D eigenvalue weighted by atomic mass is 9.91. The summed E-state index contributed by atoms with van der Waals surface area (Å²) in [6, 6.07) is 7.31. The molecule has 1 heterocycles. The first-order valence-corrected chi connectivity index (χ1v) is 10.1. The Morgan fingerprint density at radius 2 is 1.75 bits per heavy atom. The van der Waals surface area contributed by atoms with Crippen LogP contribution in [0.4, 0.5) is 13.2 Å². The molecular weight excluding hydrogens is 365 g/mol. The van der Waals surface area contributed by atoms with E-state index in [9.17, 15) is 13.2 Å². The third-order valence-electron chi connectivity index (χ3n) is 5.23. The summed E-state index contributed by atoms with van der Waals surface area (Å²) in [7, 11) is 0. The van der Waals surface area contributed by atoms with Gasteiger partial charge in [0, 0.05) is 11.1 Å². The summed E-state index contributed by atoms with van der Waals surface area (Å²) >= 11 is 0. The van der Waals surface area contributed by atoms with E-state index >= 15 is 0 Å². The molecule has 0 radical (unpaired) electrons. The Morgan fingerprint density at radius 3 is 2.39 bits per heavy atom. The smallest absolute Gasteiger partial charge is 0.201 e. The highest BCUT2D eigenvalue weighted by atomic mass is 19.2. The first kappa shape index (κ1) is 20.7. The average Bonchev–Trinajstić information content (AvgIpc) is 2.70. The van der Waals surface area contributed by atoms with E-state index in [2.05, 4.69) is 6.92 Å². The molecule has 2 aromatic carbocycles. The summed E-state index contributed by atoms with van der Waals surface area (Å²) in [5, 5.41) is 0. The molecule has 0 spiro atoms. The second kappa shape index (κ2) is 9.46. The number of hydrogen-bond donors (Lipinski definition) is 0. The molecular formula is C23H27F3O2. The molecule has 2 nitrogen and oxygen atoms in total. The number of ether oxygens (including phenoxy) is 2. The fourth-order valence-electron chi connectivity index (χ4n) is 3.72. The van der Waals surface area contributed by atoms with E-state index in [1.807, 2.05) is 6.92 Å². The van der Waals surface area contributed by atoms with E-state index in [1.165, 1.54) is 24.3 Å². The largest absolute Gasteiger partial charge is 0.490 e. The summed E-state index contributed by atoms with van der Waals surface area (Å²) in [5.41, 5.74) is 0.653. The number of halogens is 3. The van der Waals surface area contributed by atoms with Crippen molar-refractivity contribution in [2.75, 3.05) is 13.2 Å². The maximum Gasteiger partial charge on any atom is 0.201 e. The van der Waals surface area contributed by atoms with Crippen LogP contribution in [0.5, 0.6) is 5.75 Å². The van der Waals surface area contributed by atoms with Crippen LogP contribution in [0.3, 0.4) is 0 Å². The van der Waals surface area contributed by atoms with Gasteiger partial charge < -0.3 is 9.47 Å². The molecule has 2 aromatic rings. The summed E-state index contributed by atoms with van der Waals surface area (Å²) in [4.78, 5) is 0. The normalized spacial score (nSPS) is 19.6. The van der Waals surface area contributed by atoms with E-state index in [0.717, 1.165) is 31.2 Å². The maximum atomic E-state index is 14.7. The molecule has 1 aliphatic heterocycles. The van der Waals surface area contributed by atoms with Gasteiger partial charge in [0.2, 0.25) is 5.82 Å². The molecule has 2 unspecified atom stereocenters. The quantitative estimate of drug-likeness (QED) is 0.514. The predicted octanol–water partition coefficient (Wildman–Crippen LogP) is 6.83. The number of rotatable bonds is 7. The van der Waals surface area contributed by atoms with Crippen molar-refractivity contribution in [2.45, 2.75) is 52.1 Å². The topological polar surface area (TPSA) is 18.5 Å². The zero-order chi connectivity index (χ0) is 20.1. The lowest BCUT2D eigenvalue weighted by molar-refractivity contribution is -0.0195. The van der Waals surface area contributed by atoms with Gasteiger partial charge in [-0.15, -0.1) is 0 Å². The number of benzene rings is 2. The summed E-state index contributed by atoms with van der Waals surface area (Å²) in [6.07, 6.45) is 4.70. The van der Waals surface area contributed by atoms with Crippen LogP contribution in [0.15, 0.2) is 30.3 Å². The van der Waals surface area contributed by atoms with Crippen LogP contribution < -0.4 is 4.74 Å². The van der Waals surface area contributed by atoms with Crippen molar-refractivity contribution in [3.05, 3.63) is 53.3 Å². The van der Waals surface area contributed by atoms with E-state index < -0.39 is 17.5 Å². The van der Waals surface area contributed by atoms with E-state index in [4.69, 9.17) is 9.47 Å². The lowest BCUT2D eigenvalue weighted by Gasteiger charge is -2.29. The van der Waals surface area contributed by atoms with Gasteiger partial charge in [-0.1, -0.05) is 32.4 Å². The Hall–Kier alpha value is -2.01. The monoisotopic (exact) mass is 392 g/mol. The van der Waals surface area contributed by atoms with Crippen molar-refractivity contribution in [1.82, 2.24) is 0 Å². The standard InChI is InChI=1S/C23H27F3O2/c1-3-5-15-6-10-20(28-14-15)16-7-8-17(19(24)13-16)18-9-11-21(27-12-4-2)23(26)22(18)25/h7-9,11,13,15,20H,3-6,10,12,14H2,1-2H3. The molecule has 1 saturated heterocycles. The predicted molar refractivity (Wildman–Crippen MR) is 104 cm³/mol. The molecule has 2 atom stereocenters. The molecule has 0 aromatic heterocycles. The average molecular weight is 392 g/mol. The number of hydrogen-bond acceptors (Lipinski definition) is 2. The van der Waals surface area contributed by atoms with Crippen molar-refractivity contribution in [3.8, 4) is 16.9 Å². The van der Waals surface area contributed by atoms with Gasteiger partial charge in [0.1, 0.15) is 5.82 Å². The fourth-order valence-corrected chi connectivity index (χ4v) is 3.72. The molecule has 0 saturated carbocycles. The van der Waals surface area contributed by atoms with Crippen molar-refractivity contribution in [2.24, 2.45) is 5.92 Å². The van der Waals surface area contributed by atoms with E-state index in [-0.39, 0.29) is 23.0 Å². The molecule has 28 heavy (non-hydrogen) atoms. The third kappa shape index (κ3) is 4.52. The lowest BCUT2D eigenvalue weighted by Crippen LogP contribution is -2.20. The summed E-state index contributed by atoms with van der Waals surface area (Å²) in [6.45, 7) is 5.00. The Kier molecular flexibility index (Phi) is 7.00. The highest BCUT2D eigenvalue weighted by molar-refractivity contribution is 5.66. The fraction of sp³-hybridized carbons (Fsp3) is 0.478. The van der Waals surface area contributed by atoms with Crippen molar-refractivity contribution in [1.29, 1.82) is 0 Å². The molecule has 1 aliphatic rings. The minimum absolute atomic E-state index is 0.0295. The SMILES string of the molecule is CCCOc1ccc(-c2ccc(C3CCC(CCC)CO3)cc2F)c(F)c1F. The van der Waals surface area contributed by atoms with Gasteiger partial charge >= 0.3 is 0 Å². The van der Waals surface area contributed by atoms with Crippen LogP contribution in [-0.2, 0) is 4.74 Å². The molecule has 5 heteroatoms. The van der Waals surface area contributed by atoms with Gasteiger partial charge in [0.25, 0.3) is 0 Å². The van der Waals surface area contributed by atoms with Crippen molar-refractivity contribution < 1.29 is 22.6 Å². The third-order valence-corrected chi connectivity index (χ3v) is 5.23. The van der Waals surface area contributed by atoms with Gasteiger partial charge in [-0.2, -0.15) is 4.39 Å². The summed E-state index contributed by atoms with van der Waals surface area (Å²) in [5.74, 6) is -2.37. The first-order chi connectivity index (χ1) is 13.5. The van der Waals surface area contributed by atoms with E-state index in [0.29, 0.717) is 25.6 Å². The van der Waals surface area contributed by atoms with Crippen LogP contribution in [-0.4, -0.2) is 13.2 Å². The van der Waals surface area contributed by atoms with Gasteiger partial charge in [-0.25, -0.2) is 8.78 Å². The highest BCUT2D eigenvalue weighted by Gasteiger charge is 2.24. The van der Waals surface area contributed by atoms with Crippen LogP contribution in [0, 0.1) is 23.4 Å². The van der Waals surface area contributed by atoms with Crippen LogP contribution in [0.25, 0.3) is 11.1 Å². The van der Waals surface area contributed by atoms with Gasteiger partial charge in [-0.3, -0.25) is 0 Å². The Morgan fingerprint density at radius 1 is 0.964 bits per heavy atom. The summed E-state index contributed by atoms with van der Waals surface area (Å²) < 4.78 is 54.5. The first-order valence-electron chi connectivity index (χ1n) is 10.1. The zero-order valence-corrected chi connectivity index (χ0v) is 16.4. The van der Waals surface area contributed by atoms with Gasteiger partial charge in [0.15, 0.2) is 11.6 Å². The molecule has 152 valence electrons. The second-order valence-electron chi connectivity index (χ2n) is 7.38. The van der Waals surface area contributed by atoms with E-state index in [1.54, 1.807) is 6.07 Å². The highest BCUT2D eigenvalue weighted by Crippen LogP contribution is 2.36. The van der Waals surface area contributed by atoms with Crippen LogP contribution >= 0.6 is 0 Å². The molecule has 0 aliphatic carbocycles. The van der Waals surface area contributed by atoms with Crippen molar-refractivity contribution >= 4 is 0 Å². The minimum atomic E-state index is -1.10. The maximum absolute atomic E-state index is 14.7. The zero-order valence-electron chi connectivity index (χ0n) is 16.4. The molecule has 3 rings (SSSR count). The van der Waals surface area contributed by atoms with Gasteiger partial charge in [-0.05, 0) is 55.4 Å². The Balaban J connectivity index is 1.79. The second-order valence-corrected chi connectivity index (χ2v) is 7.38. The van der Waals surface area contributed by atoms with Gasteiger partial charge in [0.05, 0.1) is 19.3 Å². The Bertz CT molecular complexity index is 799. The van der Waals surface area contributed by atoms with Crippen LogP contribution in [0.2, 0.25) is 0 Å². The molecule has 1 fully saturated rings. The van der Waals surface area contributed by atoms with Crippen molar-refractivity contribution in [3.63, 3.8) is 0 Å². The minimum Gasteiger partial charge on any atom is -0.490 e. The molecule has 0 amide bonds. The molecule has 0 N–H and O–H groups in total. The van der Waals surface area contributed by atoms with Crippen LogP contribution in [0.1, 0.15) is 57.6 Å².